The van der Waals surface area contributed by atoms with Crippen LogP contribution in [0.25, 0.3) is 32.8 Å². The van der Waals surface area contributed by atoms with Crippen LogP contribution in [0.4, 0.5) is 19.0 Å². The van der Waals surface area contributed by atoms with Gasteiger partial charge in [-0.15, -0.1) is 6.42 Å². The second-order valence-electron chi connectivity index (χ2n) is 14.6. The van der Waals surface area contributed by atoms with Gasteiger partial charge in [0.05, 0.1) is 22.7 Å². The molecular formula is C37H38F3N5O3. The molecule has 11 heteroatoms. The molecule has 5 atom stereocenters. The molecule has 8 rings (SSSR count). The van der Waals surface area contributed by atoms with E-state index < -0.39 is 28.9 Å². The van der Waals surface area contributed by atoms with Crippen molar-refractivity contribution in [3.8, 4) is 35.2 Å². The van der Waals surface area contributed by atoms with E-state index in [1.165, 1.54) is 18.2 Å². The van der Waals surface area contributed by atoms with Crippen LogP contribution in [0.3, 0.4) is 0 Å². The van der Waals surface area contributed by atoms with Crippen molar-refractivity contribution in [2.45, 2.75) is 68.4 Å². The Kier molecular flexibility index (Phi) is 7.11. The van der Waals surface area contributed by atoms with Crippen LogP contribution in [0, 0.1) is 24.0 Å². The summed E-state index contributed by atoms with van der Waals surface area (Å²) in [6.45, 7) is 6.45. The van der Waals surface area contributed by atoms with Crippen molar-refractivity contribution in [2.75, 3.05) is 44.8 Å². The van der Waals surface area contributed by atoms with Crippen molar-refractivity contribution in [2.24, 2.45) is 0 Å². The number of nitrogens with zero attached hydrogens (tertiary/aromatic N) is 4. The number of phenols is 1. The predicted molar refractivity (Wildman–Crippen MR) is 178 cm³/mol. The molecule has 250 valence electrons. The third kappa shape index (κ3) is 4.79. The summed E-state index contributed by atoms with van der Waals surface area (Å²) in [5, 5.41) is 15.5. The first-order valence-electron chi connectivity index (χ1n) is 16.5. The quantitative estimate of drug-likeness (QED) is 0.255. The maximum atomic E-state index is 17.0. The number of hydrogen-bond acceptors (Lipinski definition) is 8. The molecule has 2 N–H and O–H groups in total. The minimum Gasteiger partial charge on any atom is -0.508 e. The van der Waals surface area contributed by atoms with Gasteiger partial charge in [-0.2, -0.15) is 9.97 Å². The topological polar surface area (TPSA) is 83.0 Å². The van der Waals surface area contributed by atoms with Gasteiger partial charge in [-0.05, 0) is 69.3 Å². The standard InChI is InChI=1S/C37H38F3N5O3/c1-5-21-8-6-9-22-12-24(46)13-25(29(21)22)30-27(39)14-26-32(31(30)40)41-34(48-20-37-10-7-11-45(37)17-23(38)15-37)42-33(26)44-18-35(2)16-28(47-4)36(3,19-44)43-35/h1,6,8-9,12-14,23,28,43,46H,7,10-11,15-20H2,2-4H3/t23-,28-,35+,36?,37+/m1/s1. The van der Waals surface area contributed by atoms with Crippen molar-refractivity contribution >= 4 is 27.5 Å². The fourth-order valence-electron chi connectivity index (χ4n) is 9.16. The average Bonchev–Trinajstić information content (AvgIpc) is 3.63. The number of phenolic OH excluding ortho intramolecular Hbond substituents is 1. The number of alkyl halides is 1. The van der Waals surface area contributed by atoms with E-state index in [0.717, 1.165) is 25.8 Å². The number of nitrogens with one attached hydrogen (secondary N) is 1. The fraction of sp³-hybridized carbons (Fsp3) is 0.459. The molecule has 0 aliphatic carbocycles. The van der Waals surface area contributed by atoms with Gasteiger partial charge in [0.2, 0.25) is 0 Å². The normalized spacial score (nSPS) is 29.9. The van der Waals surface area contributed by atoms with Crippen molar-refractivity contribution in [3.05, 3.63) is 53.6 Å². The third-order valence-corrected chi connectivity index (χ3v) is 11.0. The van der Waals surface area contributed by atoms with E-state index in [9.17, 15) is 9.50 Å². The Morgan fingerprint density at radius 1 is 1.15 bits per heavy atom. The second kappa shape index (κ2) is 11.0. The molecule has 0 radical (unpaired) electrons. The Bertz CT molecular complexity index is 2020. The van der Waals surface area contributed by atoms with E-state index in [1.807, 2.05) is 4.90 Å². The molecule has 1 unspecified atom stereocenters. The van der Waals surface area contributed by atoms with Gasteiger partial charge in [-0.3, -0.25) is 4.90 Å². The highest BCUT2D eigenvalue weighted by Gasteiger charge is 2.55. The zero-order valence-corrected chi connectivity index (χ0v) is 27.2. The molecule has 0 saturated carbocycles. The molecule has 3 aromatic carbocycles. The minimum absolute atomic E-state index is 0.0629. The van der Waals surface area contributed by atoms with E-state index in [1.54, 1.807) is 25.3 Å². The molecule has 4 aliphatic rings. The van der Waals surface area contributed by atoms with Gasteiger partial charge in [-0.1, -0.05) is 18.1 Å². The van der Waals surface area contributed by atoms with Gasteiger partial charge >= 0.3 is 6.01 Å². The summed E-state index contributed by atoms with van der Waals surface area (Å²) in [5.41, 5.74) is -1.22. The summed E-state index contributed by atoms with van der Waals surface area (Å²) in [5.74, 6) is 1.02. The highest BCUT2D eigenvalue weighted by Crippen LogP contribution is 2.45. The molecule has 8 nitrogen and oxygen atoms in total. The smallest absolute Gasteiger partial charge is 0.319 e. The number of methoxy groups -OCH3 is 1. The number of ether oxygens (including phenoxy) is 2. The Balaban J connectivity index is 1.31. The third-order valence-electron chi connectivity index (χ3n) is 11.0. The molecule has 0 amide bonds. The predicted octanol–water partition coefficient (Wildman–Crippen LogP) is 5.72. The number of rotatable bonds is 6. The molecule has 1 aromatic heterocycles. The molecule has 48 heavy (non-hydrogen) atoms. The maximum absolute atomic E-state index is 17.0. The largest absolute Gasteiger partial charge is 0.508 e. The molecule has 2 bridgehead atoms. The van der Waals surface area contributed by atoms with Crippen LogP contribution >= 0.6 is 0 Å². The van der Waals surface area contributed by atoms with Gasteiger partial charge in [-0.25, -0.2) is 13.2 Å². The fourth-order valence-corrected chi connectivity index (χ4v) is 9.16. The Labute approximate surface area is 277 Å². The zero-order valence-electron chi connectivity index (χ0n) is 27.2. The van der Waals surface area contributed by atoms with Gasteiger partial charge in [0.15, 0.2) is 5.82 Å². The van der Waals surface area contributed by atoms with Crippen LogP contribution in [0.1, 0.15) is 45.1 Å². The number of hydrogen-bond donors (Lipinski definition) is 2. The van der Waals surface area contributed by atoms with E-state index >= 15 is 8.78 Å². The van der Waals surface area contributed by atoms with Crippen LogP contribution in [0.5, 0.6) is 11.8 Å². The van der Waals surface area contributed by atoms with Crippen LogP contribution < -0.4 is 15.0 Å². The molecule has 4 aliphatic heterocycles. The highest BCUT2D eigenvalue weighted by molar-refractivity contribution is 6.04. The van der Waals surface area contributed by atoms with E-state index in [0.29, 0.717) is 48.2 Å². The summed E-state index contributed by atoms with van der Waals surface area (Å²) < 4.78 is 60.2. The first kappa shape index (κ1) is 31.2. The van der Waals surface area contributed by atoms with Gasteiger partial charge < -0.3 is 24.8 Å². The lowest BCUT2D eigenvalue weighted by atomic mass is 9.92. The summed E-state index contributed by atoms with van der Waals surface area (Å²) >= 11 is 0. The number of piperazine rings is 1. The number of terminal acetylenes is 1. The van der Waals surface area contributed by atoms with Gasteiger partial charge in [0.25, 0.3) is 0 Å². The molecule has 0 spiro atoms. The minimum atomic E-state index is -0.943. The SMILES string of the molecule is C#Cc1cccc2cc(O)cc(-c3c(F)cc4c(N5CC6(C)N[C@@](C)(C[C@H]6OC)C5)nc(OC[C@@]56CCCN5C[C@H](F)C6)nc4c3F)c12. The number of aromatic nitrogens is 2. The van der Waals surface area contributed by atoms with Crippen LogP contribution in [0.2, 0.25) is 0 Å². The zero-order chi connectivity index (χ0) is 33.6. The lowest BCUT2D eigenvalue weighted by Gasteiger charge is -2.45. The van der Waals surface area contributed by atoms with Crippen molar-refractivity contribution in [1.82, 2.24) is 20.2 Å². The number of fused-ring (bicyclic) bond motifs is 5. The maximum Gasteiger partial charge on any atom is 0.319 e. The van der Waals surface area contributed by atoms with Crippen LogP contribution in [0.15, 0.2) is 36.4 Å². The molecule has 5 heterocycles. The van der Waals surface area contributed by atoms with Crippen molar-refractivity contribution in [3.63, 3.8) is 0 Å². The molecule has 4 saturated heterocycles. The number of halogens is 3. The summed E-state index contributed by atoms with van der Waals surface area (Å²) in [4.78, 5) is 13.5. The van der Waals surface area contributed by atoms with Gasteiger partial charge in [0.1, 0.15) is 35.7 Å². The second-order valence-corrected chi connectivity index (χ2v) is 14.6. The van der Waals surface area contributed by atoms with Crippen molar-refractivity contribution < 1.29 is 27.8 Å². The highest BCUT2D eigenvalue weighted by atomic mass is 19.1. The molecular weight excluding hydrogens is 619 g/mol. The lowest BCUT2D eigenvalue weighted by molar-refractivity contribution is 0.0575. The number of aromatic hydroxyl groups is 1. The van der Waals surface area contributed by atoms with E-state index in [-0.39, 0.29) is 52.0 Å². The number of anilines is 1. The first-order valence-corrected chi connectivity index (χ1v) is 16.5. The number of benzene rings is 3. The summed E-state index contributed by atoms with van der Waals surface area (Å²) in [6, 6.07) is 9.16. The van der Waals surface area contributed by atoms with E-state index in [4.69, 9.17) is 20.9 Å². The van der Waals surface area contributed by atoms with Crippen molar-refractivity contribution in [1.29, 1.82) is 0 Å². The van der Waals surface area contributed by atoms with E-state index in [2.05, 4.69) is 35.0 Å². The average molecular weight is 658 g/mol. The van der Waals surface area contributed by atoms with Crippen LogP contribution in [-0.2, 0) is 4.74 Å². The lowest BCUT2D eigenvalue weighted by Crippen LogP contribution is -2.65. The van der Waals surface area contributed by atoms with Crippen LogP contribution in [-0.4, -0.2) is 88.8 Å². The molecule has 4 fully saturated rings. The Hall–Kier alpha value is -4.11. The van der Waals surface area contributed by atoms with Gasteiger partial charge in [0, 0.05) is 60.6 Å². The summed E-state index contributed by atoms with van der Waals surface area (Å²) in [7, 11) is 1.69. The Morgan fingerprint density at radius 3 is 2.77 bits per heavy atom. The summed E-state index contributed by atoms with van der Waals surface area (Å²) in [6.07, 6.45) is 7.61. The Morgan fingerprint density at radius 2 is 1.98 bits per heavy atom. The first-order chi connectivity index (χ1) is 22.9. The monoisotopic (exact) mass is 657 g/mol. The molecule has 4 aromatic rings.